The second-order valence-electron chi connectivity index (χ2n) is 7.37. The third-order valence-corrected chi connectivity index (χ3v) is 6.48. The van der Waals surface area contributed by atoms with Crippen LogP contribution in [-0.4, -0.2) is 66.7 Å². The minimum atomic E-state index is -0.119. The smallest absolute Gasteiger partial charge is 0.254 e. The summed E-state index contributed by atoms with van der Waals surface area (Å²) in [6.45, 7) is 7.51. The number of nitrogens with zero attached hydrogens (tertiary/aromatic N) is 2. The number of hydrogen-bond donors (Lipinski definition) is 1. The predicted molar refractivity (Wildman–Crippen MR) is 119 cm³/mol. The summed E-state index contributed by atoms with van der Waals surface area (Å²) in [5.41, 5.74) is 0.904. The first-order valence-corrected chi connectivity index (χ1v) is 11.4. The number of aryl methyl sites for hydroxylation is 1. The molecule has 1 saturated heterocycles. The summed E-state index contributed by atoms with van der Waals surface area (Å²) >= 11 is 1.49. The molecule has 160 valence electrons. The van der Waals surface area contributed by atoms with E-state index in [1.54, 1.807) is 29.2 Å². The number of likely N-dealkylation sites (N-methyl/N-ethyl adjacent to an activating group) is 1. The number of thiophene rings is 1. The monoisotopic (exact) mass is 427 g/mol. The van der Waals surface area contributed by atoms with Gasteiger partial charge in [-0.2, -0.15) is 0 Å². The van der Waals surface area contributed by atoms with Gasteiger partial charge in [-0.05, 0) is 38.0 Å². The molecule has 1 aliphatic rings. The van der Waals surface area contributed by atoms with Crippen molar-refractivity contribution in [1.29, 1.82) is 0 Å². The zero-order chi connectivity index (χ0) is 21.5. The fourth-order valence-electron chi connectivity index (χ4n) is 3.65. The maximum Gasteiger partial charge on any atom is 0.254 e. The Balaban J connectivity index is 1.72. The van der Waals surface area contributed by atoms with E-state index in [0.29, 0.717) is 48.7 Å². The minimum Gasteiger partial charge on any atom is -0.355 e. The molecule has 1 aromatic heterocycles. The summed E-state index contributed by atoms with van der Waals surface area (Å²) in [6.07, 6.45) is 1.69. The quantitative estimate of drug-likeness (QED) is 0.690. The van der Waals surface area contributed by atoms with Crippen molar-refractivity contribution >= 4 is 28.9 Å². The fraction of sp³-hybridized carbons (Fsp3) is 0.435. The van der Waals surface area contributed by atoms with Gasteiger partial charge in [0, 0.05) is 43.2 Å². The number of carbonyl (C=O) groups is 3. The average Bonchev–Trinajstić information content (AvgIpc) is 3.13. The van der Waals surface area contributed by atoms with Crippen LogP contribution in [-0.2, 0) is 11.2 Å². The van der Waals surface area contributed by atoms with Gasteiger partial charge in [0.1, 0.15) is 0 Å². The summed E-state index contributed by atoms with van der Waals surface area (Å²) in [7, 11) is 0. The largest absolute Gasteiger partial charge is 0.355 e. The number of rotatable bonds is 7. The molecule has 0 aliphatic carbocycles. The van der Waals surface area contributed by atoms with Crippen molar-refractivity contribution in [2.24, 2.45) is 0 Å². The van der Waals surface area contributed by atoms with E-state index < -0.39 is 0 Å². The predicted octanol–water partition coefficient (Wildman–Crippen LogP) is 2.83. The maximum absolute atomic E-state index is 13.3. The van der Waals surface area contributed by atoms with Gasteiger partial charge in [0.15, 0.2) is 0 Å². The van der Waals surface area contributed by atoms with Gasteiger partial charge in [0.2, 0.25) is 11.7 Å². The Hall–Kier alpha value is -2.51. The van der Waals surface area contributed by atoms with Gasteiger partial charge >= 0.3 is 0 Å². The zero-order valence-corrected chi connectivity index (χ0v) is 18.5. The van der Waals surface area contributed by atoms with E-state index in [1.807, 2.05) is 19.1 Å². The molecule has 2 aromatic rings. The van der Waals surface area contributed by atoms with E-state index in [1.165, 1.54) is 11.3 Å². The van der Waals surface area contributed by atoms with Gasteiger partial charge in [0.25, 0.3) is 5.91 Å². The Labute approximate surface area is 181 Å². The first-order chi connectivity index (χ1) is 14.5. The van der Waals surface area contributed by atoms with Crippen LogP contribution in [0.25, 0.3) is 0 Å². The summed E-state index contributed by atoms with van der Waals surface area (Å²) in [5.74, 6) is -0.210. The number of hydrogen-bond acceptors (Lipinski definition) is 5. The van der Waals surface area contributed by atoms with Crippen molar-refractivity contribution in [3.63, 3.8) is 0 Å². The molecule has 7 heteroatoms. The lowest BCUT2D eigenvalue weighted by Gasteiger charge is -2.22. The summed E-state index contributed by atoms with van der Waals surface area (Å²) in [6, 6.07) is 10.9. The third-order valence-electron chi connectivity index (χ3n) is 5.25. The van der Waals surface area contributed by atoms with Crippen molar-refractivity contribution in [3.8, 4) is 0 Å². The molecule has 3 rings (SSSR count). The van der Waals surface area contributed by atoms with Crippen LogP contribution in [0.1, 0.15) is 50.7 Å². The molecule has 30 heavy (non-hydrogen) atoms. The molecule has 1 fully saturated rings. The number of nitrogens with one attached hydrogen (secondary N) is 1. The molecular weight excluding hydrogens is 398 g/mol. The molecule has 2 amide bonds. The standard InChI is InChI=1S/C23H29N3O3S/c1-3-17-10-11-20(30-17)22(28)18-8-5-6-9-19(18)23(29)26-13-7-12-25(14-15-26)16-21(27)24-4-2/h5-6,8-11H,3-4,7,12-16H2,1-2H3,(H,24,27). The molecule has 0 saturated carbocycles. The molecule has 1 N–H and O–H groups in total. The van der Waals surface area contributed by atoms with Gasteiger partial charge in [0.05, 0.1) is 17.0 Å². The lowest BCUT2D eigenvalue weighted by atomic mass is 10.0. The highest BCUT2D eigenvalue weighted by atomic mass is 32.1. The van der Waals surface area contributed by atoms with E-state index in [0.717, 1.165) is 24.3 Å². The summed E-state index contributed by atoms with van der Waals surface area (Å²) < 4.78 is 0. The molecule has 0 atom stereocenters. The Bertz CT molecular complexity index is 909. The molecule has 6 nitrogen and oxygen atoms in total. The number of carbonyl (C=O) groups excluding carboxylic acids is 3. The maximum atomic E-state index is 13.3. The first-order valence-electron chi connectivity index (χ1n) is 10.5. The average molecular weight is 428 g/mol. The molecule has 0 unspecified atom stereocenters. The number of ketones is 1. The SMILES string of the molecule is CCNC(=O)CN1CCCN(C(=O)c2ccccc2C(=O)c2ccc(CC)s2)CC1. The van der Waals surface area contributed by atoms with Gasteiger partial charge in [-0.3, -0.25) is 19.3 Å². The van der Waals surface area contributed by atoms with Crippen LogP contribution in [0.3, 0.4) is 0 Å². The Morgan fingerprint density at radius 1 is 0.967 bits per heavy atom. The highest BCUT2D eigenvalue weighted by Gasteiger charge is 2.25. The zero-order valence-electron chi connectivity index (χ0n) is 17.6. The highest BCUT2D eigenvalue weighted by molar-refractivity contribution is 7.14. The Morgan fingerprint density at radius 2 is 1.73 bits per heavy atom. The second-order valence-corrected chi connectivity index (χ2v) is 8.54. The van der Waals surface area contributed by atoms with E-state index >= 15 is 0 Å². The molecule has 0 bridgehead atoms. The fourth-order valence-corrected chi connectivity index (χ4v) is 4.55. The van der Waals surface area contributed by atoms with E-state index in [9.17, 15) is 14.4 Å². The van der Waals surface area contributed by atoms with Crippen LogP contribution < -0.4 is 5.32 Å². The van der Waals surface area contributed by atoms with Crippen molar-refractivity contribution < 1.29 is 14.4 Å². The van der Waals surface area contributed by atoms with Gasteiger partial charge in [-0.25, -0.2) is 0 Å². The van der Waals surface area contributed by atoms with Gasteiger partial charge in [-0.15, -0.1) is 11.3 Å². The number of amides is 2. The highest BCUT2D eigenvalue weighted by Crippen LogP contribution is 2.23. The molecule has 0 radical (unpaired) electrons. The van der Waals surface area contributed by atoms with Gasteiger partial charge in [-0.1, -0.05) is 25.1 Å². The number of benzene rings is 1. The lowest BCUT2D eigenvalue weighted by Crippen LogP contribution is -2.40. The molecule has 0 spiro atoms. The van der Waals surface area contributed by atoms with Crippen LogP contribution in [0.5, 0.6) is 0 Å². The van der Waals surface area contributed by atoms with Crippen molar-refractivity contribution in [2.45, 2.75) is 26.7 Å². The van der Waals surface area contributed by atoms with Crippen molar-refractivity contribution in [3.05, 3.63) is 57.3 Å². The van der Waals surface area contributed by atoms with Crippen LogP contribution >= 0.6 is 11.3 Å². The van der Waals surface area contributed by atoms with Crippen molar-refractivity contribution in [1.82, 2.24) is 15.1 Å². The Morgan fingerprint density at radius 3 is 2.43 bits per heavy atom. The van der Waals surface area contributed by atoms with Crippen LogP contribution in [0.4, 0.5) is 0 Å². The molecule has 1 aliphatic heterocycles. The van der Waals surface area contributed by atoms with E-state index in [4.69, 9.17) is 0 Å². The van der Waals surface area contributed by atoms with Gasteiger partial charge < -0.3 is 10.2 Å². The molecular formula is C23H29N3O3S. The van der Waals surface area contributed by atoms with E-state index in [2.05, 4.69) is 17.1 Å². The van der Waals surface area contributed by atoms with Crippen LogP contribution in [0.15, 0.2) is 36.4 Å². The van der Waals surface area contributed by atoms with E-state index in [-0.39, 0.29) is 17.6 Å². The van der Waals surface area contributed by atoms with Crippen LogP contribution in [0, 0.1) is 0 Å². The summed E-state index contributed by atoms with van der Waals surface area (Å²) in [5, 5.41) is 2.82. The molecule has 1 aromatic carbocycles. The third kappa shape index (κ3) is 5.34. The van der Waals surface area contributed by atoms with Crippen LogP contribution in [0.2, 0.25) is 0 Å². The Kier molecular flexibility index (Phi) is 7.76. The normalized spacial score (nSPS) is 14.9. The summed E-state index contributed by atoms with van der Waals surface area (Å²) in [4.78, 5) is 43.9. The molecule has 2 heterocycles. The first kappa shape index (κ1) is 22.2. The lowest BCUT2D eigenvalue weighted by molar-refractivity contribution is -0.122. The topological polar surface area (TPSA) is 69.7 Å². The minimum absolute atomic E-state index is 0.00983. The second kappa shape index (κ2) is 10.5. The van der Waals surface area contributed by atoms with Crippen molar-refractivity contribution in [2.75, 3.05) is 39.3 Å².